The number of phenolic OH excluding ortho intramolecular Hbond substituents is 1. The molecule has 1 rings (SSSR count). The average molecular weight is 313 g/mol. The van der Waals surface area contributed by atoms with Crippen molar-refractivity contribution in [1.82, 2.24) is 14.7 Å². The summed E-state index contributed by atoms with van der Waals surface area (Å²) in [4.78, 5) is 4.61. The van der Waals surface area contributed by atoms with Crippen LogP contribution in [-0.2, 0) is 0 Å². The van der Waals surface area contributed by atoms with E-state index in [1.807, 2.05) is 0 Å². The summed E-state index contributed by atoms with van der Waals surface area (Å²) in [6.45, 7) is 0. The largest absolute Gasteiger partial charge is 0.508 e. The molecule has 0 saturated carbocycles. The van der Waals surface area contributed by atoms with Gasteiger partial charge >= 0.3 is 0 Å². The Morgan fingerprint density at radius 2 is 1.09 bits per heavy atom. The lowest BCUT2D eigenvalue weighted by atomic mass is 9.95. The monoisotopic (exact) mass is 313 g/mol. The Bertz CT molecular complexity index is 506. The van der Waals surface area contributed by atoms with Gasteiger partial charge in [0.25, 0.3) is 0 Å². The highest BCUT2D eigenvalue weighted by Gasteiger charge is 2.29. The smallest absolute Gasteiger partial charge is 0.137 e. The van der Waals surface area contributed by atoms with Gasteiger partial charge in [0.15, 0.2) is 0 Å². The normalized spacial score (nSPS) is 16.4. The first-order valence-corrected chi connectivity index (χ1v) is 6.98. The summed E-state index contributed by atoms with van der Waals surface area (Å²) < 4.78 is 0. The van der Waals surface area contributed by atoms with Gasteiger partial charge in [-0.25, -0.2) is 0 Å². The zero-order valence-electron chi connectivity index (χ0n) is 14.0. The quantitative estimate of drug-likeness (QED) is 0.552. The highest BCUT2D eigenvalue weighted by molar-refractivity contribution is 5.47. The molecule has 0 aliphatic carbocycles. The van der Waals surface area contributed by atoms with E-state index in [0.29, 0.717) is 11.1 Å². The standard InChI is InChI=1S/C15H27N3O4/c1-16(2)13(20)9-7-8-10(19)12(15(22)18(5)6)11(9)14(21)17(3)4/h7-8,13-15,19-22H,1-6H3. The molecule has 0 aromatic heterocycles. The van der Waals surface area contributed by atoms with Gasteiger partial charge in [-0.2, -0.15) is 0 Å². The summed E-state index contributed by atoms with van der Waals surface area (Å²) in [5.41, 5.74) is 0.914. The van der Waals surface area contributed by atoms with Crippen LogP contribution in [0.2, 0.25) is 0 Å². The molecule has 0 amide bonds. The minimum atomic E-state index is -1.11. The van der Waals surface area contributed by atoms with Crippen LogP contribution in [0.4, 0.5) is 0 Å². The lowest BCUT2D eigenvalue weighted by molar-refractivity contribution is 0.00564. The number of aliphatic hydroxyl groups excluding tert-OH is 3. The van der Waals surface area contributed by atoms with Crippen LogP contribution in [-0.4, -0.2) is 77.4 Å². The average Bonchev–Trinajstić information content (AvgIpc) is 2.44. The number of nitrogens with zero attached hydrogens (tertiary/aromatic N) is 3. The summed E-state index contributed by atoms with van der Waals surface area (Å²) in [7, 11) is 10.1. The van der Waals surface area contributed by atoms with Crippen molar-refractivity contribution in [3.63, 3.8) is 0 Å². The van der Waals surface area contributed by atoms with Gasteiger partial charge in [-0.3, -0.25) is 14.7 Å². The summed E-state index contributed by atoms with van der Waals surface area (Å²) in [6.07, 6.45) is -3.17. The van der Waals surface area contributed by atoms with Crippen molar-refractivity contribution < 1.29 is 20.4 Å². The molecule has 7 heteroatoms. The van der Waals surface area contributed by atoms with Crippen molar-refractivity contribution in [2.75, 3.05) is 42.3 Å². The second-order valence-electron chi connectivity index (χ2n) is 6.01. The van der Waals surface area contributed by atoms with E-state index in [2.05, 4.69) is 0 Å². The Hall–Kier alpha value is -1.22. The molecule has 0 aliphatic rings. The van der Waals surface area contributed by atoms with E-state index in [4.69, 9.17) is 0 Å². The van der Waals surface area contributed by atoms with Crippen molar-refractivity contribution in [3.8, 4) is 5.75 Å². The summed E-state index contributed by atoms with van der Waals surface area (Å²) >= 11 is 0. The van der Waals surface area contributed by atoms with Crippen LogP contribution >= 0.6 is 0 Å². The van der Waals surface area contributed by atoms with Gasteiger partial charge in [0.2, 0.25) is 0 Å². The third-order valence-electron chi connectivity index (χ3n) is 3.56. The Labute approximate surface area is 131 Å². The fraction of sp³-hybridized carbons (Fsp3) is 0.600. The molecule has 0 spiro atoms. The van der Waals surface area contributed by atoms with Crippen molar-refractivity contribution in [2.24, 2.45) is 0 Å². The third kappa shape index (κ3) is 3.75. The lowest BCUT2D eigenvalue weighted by Crippen LogP contribution is -2.29. The Morgan fingerprint density at radius 3 is 1.50 bits per heavy atom. The van der Waals surface area contributed by atoms with Gasteiger partial charge in [-0.05, 0) is 48.4 Å². The molecule has 0 radical (unpaired) electrons. The summed E-state index contributed by atoms with van der Waals surface area (Å²) in [5.74, 6) is -0.133. The molecule has 1 aromatic carbocycles. The molecule has 0 fully saturated rings. The van der Waals surface area contributed by atoms with Crippen molar-refractivity contribution in [1.29, 1.82) is 0 Å². The van der Waals surface area contributed by atoms with Gasteiger partial charge in [0.05, 0.1) is 0 Å². The number of phenols is 1. The van der Waals surface area contributed by atoms with E-state index in [9.17, 15) is 20.4 Å². The van der Waals surface area contributed by atoms with E-state index < -0.39 is 18.7 Å². The minimum absolute atomic E-state index is 0.133. The van der Waals surface area contributed by atoms with Crippen LogP contribution in [0.1, 0.15) is 35.4 Å². The summed E-state index contributed by atoms with van der Waals surface area (Å²) in [6, 6.07) is 2.96. The number of hydrogen-bond donors (Lipinski definition) is 4. The first kappa shape index (κ1) is 18.8. The number of aliphatic hydroxyl groups is 3. The van der Waals surface area contributed by atoms with Gasteiger partial charge in [0, 0.05) is 16.7 Å². The maximum absolute atomic E-state index is 10.5. The van der Waals surface area contributed by atoms with E-state index in [-0.39, 0.29) is 11.3 Å². The molecule has 0 bridgehead atoms. The SMILES string of the molecule is CN(C)C(O)c1ccc(O)c(C(O)N(C)C)c1C(O)N(C)C. The molecule has 0 heterocycles. The zero-order chi connectivity index (χ0) is 17.2. The number of benzene rings is 1. The first-order valence-electron chi connectivity index (χ1n) is 6.98. The predicted molar refractivity (Wildman–Crippen MR) is 84.0 cm³/mol. The van der Waals surface area contributed by atoms with Gasteiger partial charge in [0.1, 0.15) is 24.4 Å². The Morgan fingerprint density at radius 1 is 0.682 bits per heavy atom. The van der Waals surface area contributed by atoms with Crippen molar-refractivity contribution >= 4 is 0 Å². The van der Waals surface area contributed by atoms with E-state index in [1.165, 1.54) is 15.9 Å². The Balaban J connectivity index is 3.63. The second-order valence-corrected chi connectivity index (χ2v) is 6.01. The third-order valence-corrected chi connectivity index (χ3v) is 3.56. The van der Waals surface area contributed by atoms with Crippen LogP contribution in [0.25, 0.3) is 0 Å². The minimum Gasteiger partial charge on any atom is -0.508 e. The molecule has 0 saturated heterocycles. The fourth-order valence-corrected chi connectivity index (χ4v) is 2.22. The molecule has 22 heavy (non-hydrogen) atoms. The predicted octanol–water partition coefficient (Wildman–Crippen LogP) is 0.0497. The van der Waals surface area contributed by atoms with E-state index >= 15 is 0 Å². The van der Waals surface area contributed by atoms with Gasteiger partial charge in [-0.1, -0.05) is 6.07 Å². The molecule has 3 unspecified atom stereocenters. The van der Waals surface area contributed by atoms with Crippen molar-refractivity contribution in [3.05, 3.63) is 28.8 Å². The molecule has 1 aromatic rings. The van der Waals surface area contributed by atoms with Crippen LogP contribution in [0.5, 0.6) is 5.75 Å². The Kier molecular flexibility index (Phi) is 6.30. The second kappa shape index (κ2) is 7.36. The van der Waals surface area contributed by atoms with Crippen LogP contribution in [0, 0.1) is 0 Å². The number of aromatic hydroxyl groups is 1. The zero-order valence-corrected chi connectivity index (χ0v) is 14.0. The molecular formula is C15H27N3O4. The van der Waals surface area contributed by atoms with Gasteiger partial charge in [-0.15, -0.1) is 0 Å². The molecule has 3 atom stereocenters. The molecule has 0 aliphatic heterocycles. The lowest BCUT2D eigenvalue weighted by Gasteiger charge is -2.31. The molecule has 4 N–H and O–H groups in total. The van der Waals surface area contributed by atoms with Crippen LogP contribution in [0.15, 0.2) is 12.1 Å². The topological polar surface area (TPSA) is 90.6 Å². The van der Waals surface area contributed by atoms with Crippen LogP contribution < -0.4 is 0 Å². The highest BCUT2D eigenvalue weighted by atomic mass is 16.3. The maximum Gasteiger partial charge on any atom is 0.137 e. The highest BCUT2D eigenvalue weighted by Crippen LogP contribution is 2.38. The fourth-order valence-electron chi connectivity index (χ4n) is 2.22. The molecular weight excluding hydrogens is 286 g/mol. The summed E-state index contributed by atoms with van der Waals surface area (Å²) in [5, 5.41) is 41.4. The number of hydrogen-bond acceptors (Lipinski definition) is 7. The molecule has 7 nitrogen and oxygen atoms in total. The number of rotatable bonds is 6. The van der Waals surface area contributed by atoms with E-state index in [0.717, 1.165) is 0 Å². The van der Waals surface area contributed by atoms with Crippen LogP contribution in [0.3, 0.4) is 0 Å². The first-order chi connectivity index (χ1) is 10.1. The molecule has 126 valence electrons. The van der Waals surface area contributed by atoms with E-state index in [1.54, 1.807) is 53.3 Å². The van der Waals surface area contributed by atoms with Crippen molar-refractivity contribution in [2.45, 2.75) is 18.7 Å². The van der Waals surface area contributed by atoms with Gasteiger partial charge < -0.3 is 20.4 Å². The maximum atomic E-state index is 10.5.